The van der Waals surface area contributed by atoms with Crippen molar-refractivity contribution >= 4 is 17.5 Å². The van der Waals surface area contributed by atoms with Gasteiger partial charge in [-0.1, -0.05) is 12.1 Å². The van der Waals surface area contributed by atoms with Crippen LogP contribution in [0.15, 0.2) is 60.8 Å². The highest BCUT2D eigenvalue weighted by Crippen LogP contribution is 2.30. The summed E-state index contributed by atoms with van der Waals surface area (Å²) in [6, 6.07) is 14.7. The molecule has 1 aliphatic heterocycles. The summed E-state index contributed by atoms with van der Waals surface area (Å²) in [7, 11) is 0. The second kappa shape index (κ2) is 11.9. The number of nitrogens with one attached hydrogen (secondary N) is 1. The molecule has 2 heterocycles. The molecule has 37 heavy (non-hydrogen) atoms. The molecule has 1 aliphatic rings. The first-order chi connectivity index (χ1) is 17.8. The first-order valence-corrected chi connectivity index (χ1v) is 12.1. The third-order valence-electron chi connectivity index (χ3n) is 6.45. The Balaban J connectivity index is 1.26. The van der Waals surface area contributed by atoms with Crippen molar-refractivity contribution in [2.75, 3.05) is 18.4 Å². The third-order valence-corrected chi connectivity index (χ3v) is 6.45. The number of likely N-dealkylation sites (tertiary alicyclic amines) is 1. The molecule has 1 aromatic heterocycles. The molecule has 0 atom stereocenters. The van der Waals surface area contributed by atoms with E-state index in [-0.39, 0.29) is 23.1 Å². The number of pyridine rings is 1. The van der Waals surface area contributed by atoms with Crippen molar-refractivity contribution in [3.8, 4) is 5.75 Å². The Morgan fingerprint density at radius 1 is 1.08 bits per heavy atom. The number of aromatic nitrogens is 1. The summed E-state index contributed by atoms with van der Waals surface area (Å²) >= 11 is 0. The van der Waals surface area contributed by atoms with Gasteiger partial charge in [-0.2, -0.15) is 8.78 Å². The fourth-order valence-corrected chi connectivity index (χ4v) is 4.51. The standard InChI is InChI=1S/C28H28F3N3O3/c1-18-16-19(10-13-32-18)2-9-26(35)33-22-5-3-20(4-6-22)21-11-14-34(15-12-21)27(36)24-8-7-23(17-25(24)29)37-28(30)31/h3-8,10,13,16-17,21,28H,2,9,11-12,14-15H2,1H3,(H,33,35). The summed E-state index contributed by atoms with van der Waals surface area (Å²) in [4.78, 5) is 30.8. The van der Waals surface area contributed by atoms with E-state index < -0.39 is 18.3 Å². The second-order valence-corrected chi connectivity index (χ2v) is 9.06. The maximum absolute atomic E-state index is 14.3. The number of piperidine rings is 1. The van der Waals surface area contributed by atoms with Crippen LogP contribution in [0.3, 0.4) is 0 Å². The van der Waals surface area contributed by atoms with Gasteiger partial charge in [-0.3, -0.25) is 14.6 Å². The number of aryl methyl sites for hydroxylation is 2. The normalized spacial score (nSPS) is 14.0. The Hall–Kier alpha value is -3.88. The van der Waals surface area contributed by atoms with Crippen molar-refractivity contribution in [2.24, 2.45) is 0 Å². The zero-order chi connectivity index (χ0) is 26.4. The average Bonchev–Trinajstić information content (AvgIpc) is 2.87. The average molecular weight is 512 g/mol. The molecule has 194 valence electrons. The number of benzene rings is 2. The van der Waals surface area contributed by atoms with E-state index in [0.717, 1.165) is 34.6 Å². The SMILES string of the molecule is Cc1cc(CCC(=O)Nc2ccc(C3CCN(C(=O)c4ccc(OC(F)F)cc4F)CC3)cc2)ccn1. The summed E-state index contributed by atoms with van der Waals surface area (Å²) in [6.07, 6.45) is 4.17. The van der Waals surface area contributed by atoms with Crippen LogP contribution in [-0.4, -0.2) is 41.4 Å². The fourth-order valence-electron chi connectivity index (χ4n) is 4.51. The van der Waals surface area contributed by atoms with E-state index in [9.17, 15) is 22.8 Å². The number of anilines is 1. The van der Waals surface area contributed by atoms with Gasteiger partial charge < -0.3 is 15.0 Å². The quantitative estimate of drug-likeness (QED) is 0.420. The van der Waals surface area contributed by atoms with Crippen LogP contribution < -0.4 is 10.1 Å². The smallest absolute Gasteiger partial charge is 0.387 e. The molecule has 0 bridgehead atoms. The lowest BCUT2D eigenvalue weighted by atomic mass is 9.89. The van der Waals surface area contributed by atoms with Crippen LogP contribution in [-0.2, 0) is 11.2 Å². The van der Waals surface area contributed by atoms with Gasteiger partial charge in [0.05, 0.1) is 5.56 Å². The van der Waals surface area contributed by atoms with Gasteiger partial charge in [0.2, 0.25) is 5.91 Å². The number of hydrogen-bond donors (Lipinski definition) is 1. The molecule has 2 aromatic carbocycles. The number of halogens is 3. The Morgan fingerprint density at radius 2 is 1.81 bits per heavy atom. The highest BCUT2D eigenvalue weighted by atomic mass is 19.3. The van der Waals surface area contributed by atoms with Crippen molar-refractivity contribution in [1.29, 1.82) is 0 Å². The molecule has 6 nitrogen and oxygen atoms in total. The van der Waals surface area contributed by atoms with Crippen molar-refractivity contribution in [3.05, 3.63) is 89.0 Å². The summed E-state index contributed by atoms with van der Waals surface area (Å²) < 4.78 is 43.1. The molecular weight excluding hydrogens is 483 g/mol. The fraction of sp³-hybridized carbons (Fsp3) is 0.321. The van der Waals surface area contributed by atoms with Crippen LogP contribution in [0.5, 0.6) is 5.75 Å². The molecule has 9 heteroatoms. The Morgan fingerprint density at radius 3 is 2.46 bits per heavy atom. The maximum atomic E-state index is 14.3. The van der Waals surface area contributed by atoms with Crippen LogP contribution in [0.2, 0.25) is 0 Å². The van der Waals surface area contributed by atoms with E-state index in [0.29, 0.717) is 38.8 Å². The van der Waals surface area contributed by atoms with Crippen LogP contribution in [0, 0.1) is 12.7 Å². The Kier molecular flexibility index (Phi) is 8.43. The van der Waals surface area contributed by atoms with Gasteiger partial charge in [0.15, 0.2) is 0 Å². The molecule has 0 unspecified atom stereocenters. The highest BCUT2D eigenvalue weighted by Gasteiger charge is 2.26. The number of carbonyl (C=O) groups excluding carboxylic acids is 2. The van der Waals surface area contributed by atoms with Gasteiger partial charge in [-0.25, -0.2) is 4.39 Å². The molecule has 1 fully saturated rings. The minimum Gasteiger partial charge on any atom is -0.435 e. The van der Waals surface area contributed by atoms with Gasteiger partial charge in [0.1, 0.15) is 11.6 Å². The number of rotatable bonds is 8. The minimum absolute atomic E-state index is 0.0601. The van der Waals surface area contributed by atoms with Gasteiger partial charge in [0, 0.05) is 43.2 Å². The zero-order valence-electron chi connectivity index (χ0n) is 20.4. The first-order valence-electron chi connectivity index (χ1n) is 12.1. The van der Waals surface area contributed by atoms with Crippen LogP contribution in [0.1, 0.15) is 52.4 Å². The van der Waals surface area contributed by atoms with Crippen LogP contribution in [0.25, 0.3) is 0 Å². The summed E-state index contributed by atoms with van der Waals surface area (Å²) in [6.45, 7) is -0.245. The van der Waals surface area contributed by atoms with E-state index in [1.165, 1.54) is 6.07 Å². The third kappa shape index (κ3) is 7.09. The predicted molar refractivity (Wildman–Crippen MR) is 133 cm³/mol. The molecule has 0 radical (unpaired) electrons. The number of ether oxygens (including phenoxy) is 1. The molecule has 1 saturated heterocycles. The number of alkyl halides is 2. The predicted octanol–water partition coefficient (Wildman–Crippen LogP) is 5.72. The molecule has 0 saturated carbocycles. The largest absolute Gasteiger partial charge is 0.435 e. The molecule has 4 rings (SSSR count). The second-order valence-electron chi connectivity index (χ2n) is 9.06. The maximum Gasteiger partial charge on any atom is 0.387 e. The van der Waals surface area contributed by atoms with Gasteiger partial charge >= 0.3 is 6.61 Å². The van der Waals surface area contributed by atoms with Gasteiger partial charge in [-0.15, -0.1) is 0 Å². The molecule has 0 spiro atoms. The van der Waals surface area contributed by atoms with Crippen LogP contribution in [0.4, 0.5) is 18.9 Å². The number of nitrogens with zero attached hydrogens (tertiary/aromatic N) is 2. The van der Waals surface area contributed by atoms with E-state index in [1.807, 2.05) is 43.3 Å². The summed E-state index contributed by atoms with van der Waals surface area (Å²) in [5, 5.41) is 2.92. The minimum atomic E-state index is -3.06. The van der Waals surface area contributed by atoms with Crippen molar-refractivity contribution < 1.29 is 27.5 Å². The van der Waals surface area contributed by atoms with Crippen molar-refractivity contribution in [3.63, 3.8) is 0 Å². The zero-order valence-corrected chi connectivity index (χ0v) is 20.4. The number of carbonyl (C=O) groups is 2. The first kappa shape index (κ1) is 26.2. The number of hydrogen-bond acceptors (Lipinski definition) is 4. The van der Waals surface area contributed by atoms with Crippen LogP contribution >= 0.6 is 0 Å². The molecule has 1 N–H and O–H groups in total. The molecule has 0 aliphatic carbocycles. The van der Waals surface area contributed by atoms with E-state index in [2.05, 4.69) is 15.0 Å². The van der Waals surface area contributed by atoms with E-state index >= 15 is 0 Å². The van der Waals surface area contributed by atoms with E-state index in [1.54, 1.807) is 11.1 Å². The lowest BCUT2D eigenvalue weighted by Gasteiger charge is -2.32. The van der Waals surface area contributed by atoms with Gasteiger partial charge in [0.25, 0.3) is 5.91 Å². The molecular formula is C28H28F3N3O3. The Labute approximate surface area is 213 Å². The highest BCUT2D eigenvalue weighted by molar-refractivity contribution is 5.94. The molecule has 2 amide bonds. The van der Waals surface area contributed by atoms with Crippen molar-refractivity contribution in [2.45, 2.75) is 45.1 Å². The van der Waals surface area contributed by atoms with Crippen molar-refractivity contribution in [1.82, 2.24) is 9.88 Å². The Bertz CT molecular complexity index is 1240. The number of amides is 2. The van der Waals surface area contributed by atoms with Gasteiger partial charge in [-0.05, 0) is 79.6 Å². The summed E-state index contributed by atoms with van der Waals surface area (Å²) in [5.74, 6) is -1.52. The lowest BCUT2D eigenvalue weighted by molar-refractivity contribution is -0.116. The summed E-state index contributed by atoms with van der Waals surface area (Å²) in [5.41, 5.74) is 3.66. The lowest BCUT2D eigenvalue weighted by Crippen LogP contribution is -2.38. The topological polar surface area (TPSA) is 71.5 Å². The molecule has 3 aromatic rings. The monoisotopic (exact) mass is 511 g/mol. The van der Waals surface area contributed by atoms with E-state index in [4.69, 9.17) is 0 Å².